The van der Waals surface area contributed by atoms with Crippen molar-refractivity contribution in [3.8, 4) is 0 Å². The standard InChI is InChI=1S/C11H14ClN/c1-7-5-9-8(6-10(7)12)3-2-4-11(9)13/h5-6,11H,2-4,13H2,1H3/t11-/m1/s1. The second kappa shape index (κ2) is 3.32. The van der Waals surface area contributed by atoms with Crippen molar-refractivity contribution < 1.29 is 0 Å². The maximum atomic E-state index is 6.05. The Morgan fingerprint density at radius 1 is 1.46 bits per heavy atom. The quantitative estimate of drug-likeness (QED) is 0.677. The number of benzene rings is 1. The van der Waals surface area contributed by atoms with Crippen LogP contribution in [-0.2, 0) is 6.42 Å². The van der Waals surface area contributed by atoms with Gasteiger partial charge in [-0.15, -0.1) is 0 Å². The van der Waals surface area contributed by atoms with E-state index in [0.717, 1.165) is 23.4 Å². The topological polar surface area (TPSA) is 26.0 Å². The lowest BCUT2D eigenvalue weighted by molar-refractivity contribution is 0.570. The van der Waals surface area contributed by atoms with Crippen LogP contribution < -0.4 is 5.73 Å². The summed E-state index contributed by atoms with van der Waals surface area (Å²) in [7, 11) is 0. The van der Waals surface area contributed by atoms with Crippen LogP contribution in [0.15, 0.2) is 12.1 Å². The summed E-state index contributed by atoms with van der Waals surface area (Å²) in [4.78, 5) is 0. The van der Waals surface area contributed by atoms with Gasteiger partial charge in [-0.05, 0) is 48.9 Å². The Kier molecular flexibility index (Phi) is 2.31. The van der Waals surface area contributed by atoms with Gasteiger partial charge in [0.05, 0.1) is 0 Å². The first kappa shape index (κ1) is 9.04. The largest absolute Gasteiger partial charge is 0.324 e. The third-order valence-electron chi connectivity index (χ3n) is 2.78. The summed E-state index contributed by atoms with van der Waals surface area (Å²) in [5.74, 6) is 0. The van der Waals surface area contributed by atoms with E-state index in [2.05, 4.69) is 12.1 Å². The smallest absolute Gasteiger partial charge is 0.0438 e. The van der Waals surface area contributed by atoms with Crippen molar-refractivity contribution in [1.29, 1.82) is 0 Å². The van der Waals surface area contributed by atoms with Crippen LogP contribution in [-0.4, -0.2) is 0 Å². The molecule has 1 aromatic carbocycles. The van der Waals surface area contributed by atoms with Crippen molar-refractivity contribution in [2.24, 2.45) is 5.73 Å². The molecule has 13 heavy (non-hydrogen) atoms. The van der Waals surface area contributed by atoms with Crippen LogP contribution >= 0.6 is 11.6 Å². The Labute approximate surface area is 83.9 Å². The molecule has 2 heteroatoms. The Morgan fingerprint density at radius 2 is 2.23 bits per heavy atom. The molecule has 1 aliphatic carbocycles. The van der Waals surface area contributed by atoms with Gasteiger partial charge in [-0.2, -0.15) is 0 Å². The minimum atomic E-state index is 0.222. The van der Waals surface area contributed by atoms with Gasteiger partial charge in [0, 0.05) is 11.1 Å². The second-order valence-corrected chi connectivity index (χ2v) is 4.21. The van der Waals surface area contributed by atoms with Gasteiger partial charge in [0.1, 0.15) is 0 Å². The average Bonchev–Trinajstić information content (AvgIpc) is 2.09. The number of nitrogens with two attached hydrogens (primary N) is 1. The number of rotatable bonds is 0. The Hall–Kier alpha value is -0.530. The van der Waals surface area contributed by atoms with E-state index in [1.807, 2.05) is 6.92 Å². The number of halogens is 1. The summed E-state index contributed by atoms with van der Waals surface area (Å²) in [6.07, 6.45) is 3.42. The van der Waals surface area contributed by atoms with Crippen molar-refractivity contribution in [2.75, 3.05) is 0 Å². The minimum Gasteiger partial charge on any atom is -0.324 e. The van der Waals surface area contributed by atoms with E-state index in [0.29, 0.717) is 0 Å². The number of hydrogen-bond acceptors (Lipinski definition) is 1. The molecule has 0 amide bonds. The van der Waals surface area contributed by atoms with Gasteiger partial charge in [-0.3, -0.25) is 0 Å². The van der Waals surface area contributed by atoms with Crippen molar-refractivity contribution >= 4 is 11.6 Å². The molecule has 1 aliphatic rings. The fourth-order valence-corrected chi connectivity index (χ4v) is 2.16. The summed E-state index contributed by atoms with van der Waals surface area (Å²) in [5, 5.41) is 0.868. The van der Waals surface area contributed by atoms with Crippen LogP contribution in [0.2, 0.25) is 5.02 Å². The molecule has 0 aromatic heterocycles. The van der Waals surface area contributed by atoms with E-state index in [1.165, 1.54) is 17.5 Å². The maximum Gasteiger partial charge on any atom is 0.0438 e. The van der Waals surface area contributed by atoms with Gasteiger partial charge in [0.25, 0.3) is 0 Å². The molecular weight excluding hydrogens is 182 g/mol. The van der Waals surface area contributed by atoms with Crippen LogP contribution in [0.3, 0.4) is 0 Å². The normalized spacial score (nSPS) is 21.3. The van der Waals surface area contributed by atoms with E-state index in [9.17, 15) is 0 Å². The average molecular weight is 196 g/mol. The molecule has 0 aliphatic heterocycles. The molecule has 0 unspecified atom stereocenters. The predicted molar refractivity (Wildman–Crippen MR) is 56.1 cm³/mol. The fraction of sp³-hybridized carbons (Fsp3) is 0.455. The van der Waals surface area contributed by atoms with E-state index in [-0.39, 0.29) is 6.04 Å². The highest BCUT2D eigenvalue weighted by molar-refractivity contribution is 6.31. The first-order valence-corrected chi connectivity index (χ1v) is 5.11. The van der Waals surface area contributed by atoms with Gasteiger partial charge in [0.15, 0.2) is 0 Å². The lowest BCUT2D eigenvalue weighted by Gasteiger charge is -2.23. The van der Waals surface area contributed by atoms with E-state index < -0.39 is 0 Å². The van der Waals surface area contributed by atoms with Crippen LogP contribution in [0.25, 0.3) is 0 Å². The summed E-state index contributed by atoms with van der Waals surface area (Å²) in [5.41, 5.74) is 9.80. The van der Waals surface area contributed by atoms with Crippen molar-refractivity contribution in [2.45, 2.75) is 32.2 Å². The Balaban J connectivity index is 2.52. The molecule has 70 valence electrons. The van der Waals surface area contributed by atoms with Gasteiger partial charge >= 0.3 is 0 Å². The van der Waals surface area contributed by atoms with Crippen LogP contribution in [0.1, 0.15) is 35.6 Å². The molecule has 1 nitrogen and oxygen atoms in total. The summed E-state index contributed by atoms with van der Waals surface area (Å²) in [6, 6.07) is 4.44. The Morgan fingerprint density at radius 3 is 3.00 bits per heavy atom. The predicted octanol–water partition coefficient (Wildman–Crippen LogP) is 2.98. The van der Waals surface area contributed by atoms with Crippen LogP contribution in [0, 0.1) is 6.92 Å². The molecule has 1 aromatic rings. The third kappa shape index (κ3) is 1.59. The summed E-state index contributed by atoms with van der Waals surface area (Å²) >= 11 is 6.05. The van der Waals surface area contributed by atoms with E-state index in [4.69, 9.17) is 17.3 Å². The SMILES string of the molecule is Cc1cc2c(cc1Cl)CCC[C@H]2N. The van der Waals surface area contributed by atoms with Crippen LogP contribution in [0.4, 0.5) is 0 Å². The maximum absolute atomic E-state index is 6.05. The van der Waals surface area contributed by atoms with Gasteiger partial charge in [-0.25, -0.2) is 0 Å². The second-order valence-electron chi connectivity index (χ2n) is 3.80. The molecule has 0 spiro atoms. The zero-order chi connectivity index (χ0) is 9.42. The monoisotopic (exact) mass is 195 g/mol. The van der Waals surface area contributed by atoms with Gasteiger partial charge < -0.3 is 5.73 Å². The van der Waals surface area contributed by atoms with E-state index in [1.54, 1.807) is 0 Å². The molecule has 1 atom stereocenters. The number of hydrogen-bond donors (Lipinski definition) is 1. The summed E-state index contributed by atoms with van der Waals surface area (Å²) < 4.78 is 0. The molecule has 0 saturated heterocycles. The minimum absolute atomic E-state index is 0.222. The molecule has 2 rings (SSSR count). The Bertz CT molecular complexity index is 333. The zero-order valence-corrected chi connectivity index (χ0v) is 8.56. The molecular formula is C11H14ClN. The first-order valence-electron chi connectivity index (χ1n) is 4.73. The van der Waals surface area contributed by atoms with Gasteiger partial charge in [0.2, 0.25) is 0 Å². The van der Waals surface area contributed by atoms with Crippen molar-refractivity contribution in [3.05, 3.63) is 33.8 Å². The van der Waals surface area contributed by atoms with Gasteiger partial charge in [-0.1, -0.05) is 17.7 Å². The van der Waals surface area contributed by atoms with Crippen molar-refractivity contribution in [3.63, 3.8) is 0 Å². The summed E-state index contributed by atoms with van der Waals surface area (Å²) in [6.45, 7) is 2.03. The van der Waals surface area contributed by atoms with Crippen LogP contribution in [0.5, 0.6) is 0 Å². The lowest BCUT2D eigenvalue weighted by Crippen LogP contribution is -2.17. The third-order valence-corrected chi connectivity index (χ3v) is 3.19. The highest BCUT2D eigenvalue weighted by atomic mass is 35.5. The number of fused-ring (bicyclic) bond motifs is 1. The lowest BCUT2D eigenvalue weighted by atomic mass is 9.87. The fourth-order valence-electron chi connectivity index (χ4n) is 1.97. The molecule has 0 fully saturated rings. The first-order chi connectivity index (χ1) is 6.18. The molecule has 0 bridgehead atoms. The molecule has 0 saturated carbocycles. The number of aryl methyl sites for hydroxylation is 2. The molecule has 0 radical (unpaired) electrons. The van der Waals surface area contributed by atoms with Crippen molar-refractivity contribution in [1.82, 2.24) is 0 Å². The highest BCUT2D eigenvalue weighted by Gasteiger charge is 2.17. The molecule has 0 heterocycles. The highest BCUT2D eigenvalue weighted by Crippen LogP contribution is 2.31. The zero-order valence-electron chi connectivity index (χ0n) is 7.81. The van der Waals surface area contributed by atoms with E-state index >= 15 is 0 Å². The molecule has 2 N–H and O–H groups in total.